The zero-order valence-electron chi connectivity index (χ0n) is 17.4. The summed E-state index contributed by atoms with van der Waals surface area (Å²) in [5.41, 5.74) is 0.0473. The molecule has 28 heavy (non-hydrogen) atoms. The Kier molecular flexibility index (Phi) is 12.7. The first kappa shape index (κ1) is 26.9. The smallest absolute Gasteiger partial charge is 0.503 e. The molecule has 0 saturated carbocycles. The van der Waals surface area contributed by atoms with Crippen molar-refractivity contribution in [3.05, 3.63) is 54.2 Å². The van der Waals surface area contributed by atoms with E-state index in [-0.39, 0.29) is 69.2 Å². The summed E-state index contributed by atoms with van der Waals surface area (Å²) < 4.78 is 5.53. The molecule has 2 aromatic rings. The molecule has 1 aromatic carbocycles. The Hall–Kier alpha value is -1.08. The van der Waals surface area contributed by atoms with Crippen LogP contribution in [-0.2, 0) is 4.79 Å². The van der Waals surface area contributed by atoms with Gasteiger partial charge in [0.2, 0.25) is 5.88 Å². The summed E-state index contributed by atoms with van der Waals surface area (Å²) in [4.78, 5) is 27.7. The predicted molar refractivity (Wildman–Crippen MR) is 104 cm³/mol. The van der Waals surface area contributed by atoms with Gasteiger partial charge in [-0.2, -0.15) is 18.2 Å². The fourth-order valence-corrected chi connectivity index (χ4v) is 2.19. The van der Waals surface area contributed by atoms with E-state index in [1.807, 2.05) is 34.6 Å². The van der Waals surface area contributed by atoms with Gasteiger partial charge in [0.1, 0.15) is 6.04 Å². The van der Waals surface area contributed by atoms with Crippen LogP contribution < -0.4 is 68.2 Å². The van der Waals surface area contributed by atoms with Gasteiger partial charge in [0, 0.05) is 18.0 Å². The Balaban J connectivity index is 0.00000235. The number of carboxylic acids is 1. The van der Waals surface area contributed by atoms with Gasteiger partial charge >= 0.3 is 64.2 Å². The molecule has 6 nitrogen and oxygen atoms in total. The van der Waals surface area contributed by atoms with Crippen molar-refractivity contribution in [2.24, 2.45) is 5.41 Å². The van der Waals surface area contributed by atoms with Crippen LogP contribution in [0.15, 0.2) is 42.6 Å². The molecular formula is C21H27N2O4Rb. The number of ether oxygens (including phenoxy) is 1. The molecule has 1 heterocycles. The van der Waals surface area contributed by atoms with Gasteiger partial charge in [-0.15, -0.1) is 12.1 Å². The van der Waals surface area contributed by atoms with Crippen molar-refractivity contribution in [1.29, 1.82) is 0 Å². The van der Waals surface area contributed by atoms with E-state index in [0.29, 0.717) is 18.1 Å². The molecule has 1 atom stereocenters. The minimum absolute atomic E-state index is 0. The van der Waals surface area contributed by atoms with E-state index in [0.717, 1.165) is 0 Å². The Morgan fingerprint density at radius 1 is 1.25 bits per heavy atom. The van der Waals surface area contributed by atoms with Crippen LogP contribution in [0.1, 0.15) is 51.4 Å². The van der Waals surface area contributed by atoms with Crippen LogP contribution in [0.3, 0.4) is 0 Å². The molecule has 2 N–H and O–H groups in total. The average Bonchev–Trinajstić information content (AvgIpc) is 2.63. The van der Waals surface area contributed by atoms with Crippen molar-refractivity contribution in [1.82, 2.24) is 10.3 Å². The van der Waals surface area contributed by atoms with Crippen molar-refractivity contribution >= 4 is 11.9 Å². The van der Waals surface area contributed by atoms with Gasteiger partial charge in [-0.05, 0) is 17.9 Å². The molecule has 0 saturated heterocycles. The standard InChI is InChI=1S/C19H21N2O4.C2H6.Rb/c1-19(2,3)11-15(18(23)24)21-17(22)13-9-10-16(20-12-13)25-14-7-5-4-6-8-14;1-2;/h4-5,7-10,12,15H,11H2,1-3H3,(H,21,22)(H,23,24);1-2H3;/q-1;;+1. The quantitative estimate of drug-likeness (QED) is 0.640. The van der Waals surface area contributed by atoms with E-state index in [1.54, 1.807) is 36.4 Å². The predicted octanol–water partition coefficient (Wildman–Crippen LogP) is 1.32. The molecule has 0 aliphatic carbocycles. The molecule has 0 aliphatic heterocycles. The maximum atomic E-state index is 12.3. The third-order valence-electron chi connectivity index (χ3n) is 3.32. The molecule has 146 valence electrons. The minimum atomic E-state index is -1.06. The number of nitrogens with one attached hydrogen (secondary N) is 1. The normalized spacial score (nSPS) is 11.2. The number of pyridine rings is 1. The van der Waals surface area contributed by atoms with E-state index in [1.165, 1.54) is 6.20 Å². The van der Waals surface area contributed by atoms with Crippen molar-refractivity contribution in [3.8, 4) is 11.6 Å². The number of rotatable bonds is 6. The second kappa shape index (κ2) is 13.2. The fraction of sp³-hybridized carbons (Fsp3) is 0.381. The summed E-state index contributed by atoms with van der Waals surface area (Å²) in [7, 11) is 0. The average molecular weight is 457 g/mol. The van der Waals surface area contributed by atoms with Crippen LogP contribution in [0.25, 0.3) is 0 Å². The second-order valence-corrected chi connectivity index (χ2v) is 6.86. The van der Waals surface area contributed by atoms with Gasteiger partial charge in [-0.25, -0.2) is 9.78 Å². The molecule has 0 bridgehead atoms. The SMILES string of the molecule is CC.CC(C)(C)CC(NC(=O)c1ccc(Oc2c[c-]ccc2)nc1)C(=O)O.[Rb+]. The topological polar surface area (TPSA) is 88.5 Å². The summed E-state index contributed by atoms with van der Waals surface area (Å²) in [5, 5.41) is 11.8. The summed E-state index contributed by atoms with van der Waals surface area (Å²) in [6.45, 7) is 9.76. The van der Waals surface area contributed by atoms with E-state index in [9.17, 15) is 14.7 Å². The van der Waals surface area contributed by atoms with Gasteiger partial charge in [-0.1, -0.05) is 34.6 Å². The Labute approximate surface area is 215 Å². The van der Waals surface area contributed by atoms with Crippen LogP contribution in [-0.4, -0.2) is 28.0 Å². The summed E-state index contributed by atoms with van der Waals surface area (Å²) in [5.74, 6) is -0.621. The minimum Gasteiger partial charge on any atom is -0.503 e. The molecule has 0 spiro atoms. The maximum absolute atomic E-state index is 12.3. The molecule has 7 heteroatoms. The molecule has 1 amide bonds. The molecule has 0 aliphatic rings. The maximum Gasteiger partial charge on any atom is 1.00 e. The van der Waals surface area contributed by atoms with Crippen LogP contribution in [0.4, 0.5) is 0 Å². The van der Waals surface area contributed by atoms with E-state index in [4.69, 9.17) is 4.74 Å². The monoisotopic (exact) mass is 456 g/mol. The molecular weight excluding hydrogens is 430 g/mol. The van der Waals surface area contributed by atoms with Crippen LogP contribution in [0.5, 0.6) is 11.6 Å². The number of aliphatic carboxylic acids is 1. The summed E-state index contributed by atoms with van der Waals surface area (Å²) in [6.07, 6.45) is 1.68. The number of aromatic nitrogens is 1. The van der Waals surface area contributed by atoms with Crippen molar-refractivity contribution < 1.29 is 77.6 Å². The second-order valence-electron chi connectivity index (χ2n) is 6.86. The first-order valence-corrected chi connectivity index (χ1v) is 8.88. The van der Waals surface area contributed by atoms with Crippen LogP contribution in [0, 0.1) is 11.5 Å². The van der Waals surface area contributed by atoms with Gasteiger partial charge in [0.05, 0.1) is 5.56 Å². The number of hydrogen-bond acceptors (Lipinski definition) is 4. The molecule has 0 radical (unpaired) electrons. The molecule has 1 aromatic heterocycles. The van der Waals surface area contributed by atoms with Crippen LogP contribution in [0.2, 0.25) is 0 Å². The van der Waals surface area contributed by atoms with Gasteiger partial charge in [0.15, 0.2) is 0 Å². The third-order valence-corrected chi connectivity index (χ3v) is 3.32. The number of nitrogens with zero attached hydrogens (tertiary/aromatic N) is 1. The summed E-state index contributed by atoms with van der Waals surface area (Å²) in [6, 6.07) is 12.0. The van der Waals surface area contributed by atoms with Gasteiger partial charge in [-0.3, -0.25) is 4.79 Å². The number of benzene rings is 1. The Morgan fingerprint density at radius 3 is 2.39 bits per heavy atom. The third kappa shape index (κ3) is 9.91. The number of carbonyl (C=O) groups is 2. The molecule has 1 unspecified atom stereocenters. The first-order valence-electron chi connectivity index (χ1n) is 8.88. The molecule has 2 rings (SSSR count). The van der Waals surface area contributed by atoms with Crippen molar-refractivity contribution in [2.75, 3.05) is 0 Å². The summed E-state index contributed by atoms with van der Waals surface area (Å²) >= 11 is 0. The number of carbonyl (C=O) groups excluding carboxylic acids is 1. The Bertz CT molecular complexity index is 728. The number of hydrogen-bond donors (Lipinski definition) is 2. The number of carboxylic acid groups (broad SMARTS) is 1. The van der Waals surface area contributed by atoms with Crippen molar-refractivity contribution in [3.63, 3.8) is 0 Å². The first-order chi connectivity index (χ1) is 12.7. The van der Waals surface area contributed by atoms with E-state index >= 15 is 0 Å². The number of amides is 1. The Morgan fingerprint density at radius 2 is 1.93 bits per heavy atom. The van der Waals surface area contributed by atoms with E-state index in [2.05, 4.69) is 16.4 Å². The van der Waals surface area contributed by atoms with E-state index < -0.39 is 17.9 Å². The van der Waals surface area contributed by atoms with Gasteiger partial charge < -0.3 is 15.2 Å². The van der Waals surface area contributed by atoms with Crippen LogP contribution >= 0.6 is 0 Å². The fourth-order valence-electron chi connectivity index (χ4n) is 2.19. The molecule has 0 fully saturated rings. The zero-order chi connectivity index (χ0) is 20.4. The van der Waals surface area contributed by atoms with Crippen molar-refractivity contribution in [2.45, 2.75) is 47.1 Å². The largest absolute Gasteiger partial charge is 1.00 e. The van der Waals surface area contributed by atoms with Gasteiger partial charge in [0.25, 0.3) is 5.91 Å². The zero-order valence-corrected chi connectivity index (χ0v) is 22.4.